The predicted octanol–water partition coefficient (Wildman–Crippen LogP) is 3.42. The Hall–Kier alpha value is -0.550. The molecule has 2 nitrogen and oxygen atoms in total. The Morgan fingerprint density at radius 2 is 1.44 bits per heavy atom. The lowest BCUT2D eigenvalue weighted by atomic mass is 10.1. The van der Waals surface area contributed by atoms with Gasteiger partial charge in [0.15, 0.2) is 0 Å². The topological polar surface area (TPSA) is 4.93 Å². The number of quaternary nitrogens is 1. The van der Waals surface area contributed by atoms with Crippen LogP contribution in [0.1, 0.15) is 70.3 Å². The van der Waals surface area contributed by atoms with Crippen LogP contribution in [0.4, 0.5) is 0 Å². The molecule has 2 rings (SSSR count). The van der Waals surface area contributed by atoms with Crippen LogP contribution in [0.5, 0.6) is 0 Å². The van der Waals surface area contributed by atoms with Crippen molar-refractivity contribution in [3.63, 3.8) is 0 Å². The van der Waals surface area contributed by atoms with Gasteiger partial charge in [0.1, 0.15) is 0 Å². The third-order valence-electron chi connectivity index (χ3n) is 5.40. The van der Waals surface area contributed by atoms with Crippen LogP contribution in [0.25, 0.3) is 10.9 Å². The van der Waals surface area contributed by atoms with Crippen molar-refractivity contribution in [1.29, 1.82) is 0 Å². The van der Waals surface area contributed by atoms with E-state index in [4.69, 9.17) is 0 Å². The van der Waals surface area contributed by atoms with E-state index < -0.39 is 0 Å². The molecule has 1 heterocycles. The van der Waals surface area contributed by atoms with Crippen LogP contribution in [0, 0.1) is 0 Å². The molecule has 3 heteroatoms. The molecular formula is C24H41IN2. The van der Waals surface area contributed by atoms with E-state index in [1.807, 2.05) is 0 Å². The summed E-state index contributed by atoms with van der Waals surface area (Å²) < 4.78 is 3.56. The molecule has 1 aromatic carbocycles. The number of para-hydroxylation sites is 1. The van der Waals surface area contributed by atoms with Crippen molar-refractivity contribution in [3.8, 4) is 0 Å². The second-order valence-electron chi connectivity index (χ2n) is 8.96. The van der Waals surface area contributed by atoms with Gasteiger partial charge in [-0.15, -0.1) is 0 Å². The van der Waals surface area contributed by atoms with E-state index in [0.717, 1.165) is 4.48 Å². The van der Waals surface area contributed by atoms with E-state index in [1.54, 1.807) is 0 Å². The summed E-state index contributed by atoms with van der Waals surface area (Å²) in [5, 5.41) is 1.47. The lowest BCUT2D eigenvalue weighted by Gasteiger charge is -2.23. The molecule has 0 aliphatic rings. The lowest BCUT2D eigenvalue weighted by molar-refractivity contribution is -0.870. The number of halogens is 1. The summed E-state index contributed by atoms with van der Waals surface area (Å²) in [6, 6.07) is 8.97. The van der Waals surface area contributed by atoms with Crippen LogP contribution >= 0.6 is 0 Å². The Morgan fingerprint density at radius 1 is 0.815 bits per heavy atom. The minimum absolute atomic E-state index is 0. The number of rotatable bonds is 13. The molecule has 0 spiro atoms. The molecule has 1 aromatic heterocycles. The van der Waals surface area contributed by atoms with Gasteiger partial charge in [-0.2, -0.15) is 0 Å². The molecule has 0 aliphatic heterocycles. The highest BCUT2D eigenvalue weighted by molar-refractivity contribution is 5.83. The maximum Gasteiger partial charge on any atom is 0.0783 e. The molecule has 0 amide bonds. The molecule has 0 radical (unpaired) electrons. The lowest BCUT2D eigenvalue weighted by Crippen LogP contribution is -3.00. The van der Waals surface area contributed by atoms with Crippen LogP contribution in [0.3, 0.4) is 0 Å². The summed E-state index contributed by atoms with van der Waals surface area (Å²) in [6.45, 7) is 4.69. The normalized spacial score (nSPS) is 11.7. The number of unbranched alkanes of at least 4 members (excludes halogenated alkanes) is 7. The molecule has 0 saturated heterocycles. The molecule has 0 N–H and O–H groups in total. The number of hydrogen-bond donors (Lipinski definition) is 0. The van der Waals surface area contributed by atoms with Crippen molar-refractivity contribution < 1.29 is 28.5 Å². The van der Waals surface area contributed by atoms with Crippen LogP contribution in [-0.2, 0) is 13.0 Å². The summed E-state index contributed by atoms with van der Waals surface area (Å²) in [4.78, 5) is 0. The first-order valence-corrected chi connectivity index (χ1v) is 10.9. The van der Waals surface area contributed by atoms with E-state index in [2.05, 4.69) is 63.1 Å². The average molecular weight is 485 g/mol. The van der Waals surface area contributed by atoms with E-state index >= 15 is 0 Å². The van der Waals surface area contributed by atoms with Crippen molar-refractivity contribution in [2.45, 2.75) is 77.7 Å². The van der Waals surface area contributed by atoms with Gasteiger partial charge in [0.25, 0.3) is 0 Å². The molecule has 0 aliphatic carbocycles. The molecule has 2 aromatic rings. The number of fused-ring (bicyclic) bond motifs is 1. The van der Waals surface area contributed by atoms with Crippen LogP contribution in [-0.4, -0.2) is 36.7 Å². The Balaban J connectivity index is 0.00000364. The fourth-order valence-corrected chi connectivity index (χ4v) is 3.87. The minimum atomic E-state index is 0. The first kappa shape index (κ1) is 24.5. The molecule has 0 bridgehead atoms. The molecule has 0 atom stereocenters. The zero-order chi connectivity index (χ0) is 18.8. The zero-order valence-corrected chi connectivity index (χ0v) is 20.3. The average Bonchev–Trinajstić information content (AvgIpc) is 2.94. The number of nitrogens with zero attached hydrogens (tertiary/aromatic N) is 2. The van der Waals surface area contributed by atoms with Crippen LogP contribution in [0.15, 0.2) is 30.5 Å². The SMILES string of the molecule is CCCCCCCCCCn1cc(CCC[N+](C)(C)C)c2ccccc21.[I-]. The first-order valence-electron chi connectivity index (χ1n) is 10.9. The standard InChI is InChI=1S/C24H41N2.HI/c1-5-6-7-8-9-10-11-14-19-25-21-22(16-15-20-26(2,3)4)23-17-12-13-18-24(23)25;/h12-13,17-18,21H,5-11,14-16,19-20H2,1-4H3;1H/q+1;/p-1. The Labute approximate surface area is 184 Å². The number of aryl methyl sites for hydroxylation is 2. The van der Waals surface area contributed by atoms with E-state index in [0.29, 0.717) is 0 Å². The van der Waals surface area contributed by atoms with Crippen molar-refractivity contribution in [1.82, 2.24) is 4.57 Å². The van der Waals surface area contributed by atoms with Crippen LogP contribution < -0.4 is 24.0 Å². The predicted molar refractivity (Wildman–Crippen MR) is 116 cm³/mol. The number of aromatic nitrogens is 1. The smallest absolute Gasteiger partial charge is 0.0783 e. The highest BCUT2D eigenvalue weighted by Crippen LogP contribution is 2.23. The molecule has 0 fully saturated rings. The Morgan fingerprint density at radius 3 is 2.11 bits per heavy atom. The largest absolute Gasteiger partial charge is 1.00 e. The van der Waals surface area contributed by atoms with Gasteiger partial charge in [-0.3, -0.25) is 0 Å². The van der Waals surface area contributed by atoms with Gasteiger partial charge < -0.3 is 33.0 Å². The van der Waals surface area contributed by atoms with Gasteiger partial charge in [-0.05, 0) is 24.5 Å². The molecule has 27 heavy (non-hydrogen) atoms. The van der Waals surface area contributed by atoms with Gasteiger partial charge >= 0.3 is 0 Å². The Kier molecular flexibility index (Phi) is 11.6. The molecule has 0 saturated carbocycles. The first-order chi connectivity index (χ1) is 12.5. The molecular weight excluding hydrogens is 443 g/mol. The van der Waals surface area contributed by atoms with Crippen LogP contribution in [0.2, 0.25) is 0 Å². The second kappa shape index (κ2) is 12.8. The molecule has 154 valence electrons. The summed E-state index contributed by atoms with van der Waals surface area (Å²) in [6.07, 6.45) is 16.0. The Bertz CT molecular complexity index is 639. The van der Waals surface area contributed by atoms with E-state index in [1.165, 1.54) is 93.8 Å². The van der Waals surface area contributed by atoms with Crippen molar-refractivity contribution in [2.24, 2.45) is 0 Å². The fourth-order valence-electron chi connectivity index (χ4n) is 3.87. The number of hydrogen-bond acceptors (Lipinski definition) is 0. The summed E-state index contributed by atoms with van der Waals surface area (Å²) in [5.74, 6) is 0. The van der Waals surface area contributed by atoms with Crippen molar-refractivity contribution >= 4 is 10.9 Å². The summed E-state index contributed by atoms with van der Waals surface area (Å²) in [5.41, 5.74) is 2.96. The van der Waals surface area contributed by atoms with Gasteiger partial charge in [0, 0.05) is 30.1 Å². The summed E-state index contributed by atoms with van der Waals surface area (Å²) >= 11 is 0. The number of benzene rings is 1. The maximum atomic E-state index is 2.51. The fraction of sp³-hybridized carbons (Fsp3) is 0.667. The van der Waals surface area contributed by atoms with Gasteiger partial charge in [-0.25, -0.2) is 0 Å². The third kappa shape index (κ3) is 8.99. The highest BCUT2D eigenvalue weighted by atomic mass is 127. The van der Waals surface area contributed by atoms with Crippen molar-refractivity contribution in [2.75, 3.05) is 27.7 Å². The third-order valence-corrected chi connectivity index (χ3v) is 5.40. The maximum absolute atomic E-state index is 2.51. The van der Waals surface area contributed by atoms with Gasteiger partial charge in [-0.1, -0.05) is 70.1 Å². The molecule has 0 unspecified atom stereocenters. The quantitative estimate of drug-likeness (QED) is 0.233. The second-order valence-corrected chi connectivity index (χ2v) is 8.96. The monoisotopic (exact) mass is 484 g/mol. The van der Waals surface area contributed by atoms with E-state index in [9.17, 15) is 0 Å². The van der Waals surface area contributed by atoms with Crippen molar-refractivity contribution in [3.05, 3.63) is 36.0 Å². The van der Waals surface area contributed by atoms with Gasteiger partial charge in [0.2, 0.25) is 0 Å². The zero-order valence-electron chi connectivity index (χ0n) is 18.1. The minimum Gasteiger partial charge on any atom is -1.00 e. The highest BCUT2D eigenvalue weighted by Gasteiger charge is 2.11. The van der Waals surface area contributed by atoms with E-state index in [-0.39, 0.29) is 24.0 Å². The van der Waals surface area contributed by atoms with Gasteiger partial charge in [0.05, 0.1) is 27.7 Å². The summed E-state index contributed by atoms with van der Waals surface area (Å²) in [7, 11) is 6.85.